The number of aliphatic imine (C=N–C) groups is 2. The quantitative estimate of drug-likeness (QED) is 0.625. The van der Waals surface area contributed by atoms with Gasteiger partial charge in [0.1, 0.15) is 11.7 Å². The lowest BCUT2D eigenvalue weighted by atomic mass is 10.3. The maximum atomic E-state index is 4.16. The Kier molecular flexibility index (Phi) is 4.80. The monoisotopic (exact) mass is 232 g/mol. The first-order valence-electron chi connectivity index (χ1n) is 5.06. The molecule has 0 radical (unpaired) electrons. The van der Waals surface area contributed by atoms with E-state index in [1.807, 2.05) is 18.0 Å². The third-order valence-electron chi connectivity index (χ3n) is 2.19. The maximum absolute atomic E-state index is 4.16. The molecule has 0 atom stereocenters. The Morgan fingerprint density at radius 2 is 2.35 bits per heavy atom. The van der Waals surface area contributed by atoms with E-state index in [2.05, 4.69) is 32.2 Å². The normalized spacial score (nSPS) is 11.6. The first-order chi connectivity index (χ1) is 8.22. The topological polar surface area (TPSA) is 65.8 Å². The molecule has 0 aliphatic rings. The van der Waals surface area contributed by atoms with E-state index in [0.717, 1.165) is 11.5 Å². The Morgan fingerprint density at radius 3 is 2.94 bits per heavy atom. The Hall–Kier alpha value is -2.24. The summed E-state index contributed by atoms with van der Waals surface area (Å²) in [6, 6.07) is 1.88. The SMILES string of the molecule is C=N/C=C\C(=N/C)N(C)c1cnnc(NC)c1. The van der Waals surface area contributed by atoms with Crippen molar-refractivity contribution in [3.8, 4) is 0 Å². The summed E-state index contributed by atoms with van der Waals surface area (Å²) in [5.41, 5.74) is 0.888. The smallest absolute Gasteiger partial charge is 0.150 e. The minimum Gasteiger partial charge on any atom is -0.372 e. The van der Waals surface area contributed by atoms with E-state index in [-0.39, 0.29) is 0 Å². The average Bonchev–Trinajstić information content (AvgIpc) is 2.39. The molecule has 90 valence electrons. The molecule has 0 amide bonds. The zero-order valence-electron chi connectivity index (χ0n) is 10.3. The van der Waals surface area contributed by atoms with Crippen LogP contribution in [-0.4, -0.2) is 43.9 Å². The molecule has 1 aromatic rings. The molecule has 1 aromatic heterocycles. The van der Waals surface area contributed by atoms with Gasteiger partial charge in [-0.2, -0.15) is 5.10 Å². The highest BCUT2D eigenvalue weighted by Gasteiger charge is 2.06. The molecule has 0 bridgehead atoms. The van der Waals surface area contributed by atoms with Crippen molar-refractivity contribution in [1.82, 2.24) is 10.2 Å². The molecular formula is C11H16N6. The molecule has 0 spiro atoms. The Morgan fingerprint density at radius 1 is 1.59 bits per heavy atom. The molecule has 0 aliphatic heterocycles. The van der Waals surface area contributed by atoms with Crippen LogP contribution in [0.5, 0.6) is 0 Å². The number of anilines is 2. The van der Waals surface area contributed by atoms with Crippen molar-refractivity contribution in [1.29, 1.82) is 0 Å². The van der Waals surface area contributed by atoms with Gasteiger partial charge in [-0.3, -0.25) is 9.98 Å². The van der Waals surface area contributed by atoms with Crippen molar-refractivity contribution >= 4 is 24.1 Å². The predicted octanol–water partition coefficient (Wildman–Crippen LogP) is 1.20. The van der Waals surface area contributed by atoms with E-state index < -0.39 is 0 Å². The molecule has 1 heterocycles. The third-order valence-corrected chi connectivity index (χ3v) is 2.19. The summed E-state index contributed by atoms with van der Waals surface area (Å²) in [7, 11) is 5.41. The van der Waals surface area contributed by atoms with E-state index in [1.165, 1.54) is 0 Å². The van der Waals surface area contributed by atoms with E-state index >= 15 is 0 Å². The molecule has 6 heteroatoms. The summed E-state index contributed by atoms with van der Waals surface area (Å²) in [6.07, 6.45) is 5.03. The zero-order valence-corrected chi connectivity index (χ0v) is 10.3. The van der Waals surface area contributed by atoms with Crippen LogP contribution in [0.3, 0.4) is 0 Å². The van der Waals surface area contributed by atoms with Crippen LogP contribution in [0, 0.1) is 0 Å². The number of hydrogen-bond donors (Lipinski definition) is 1. The van der Waals surface area contributed by atoms with Crippen LogP contribution in [0.2, 0.25) is 0 Å². The average molecular weight is 232 g/mol. The number of rotatable bonds is 4. The minimum absolute atomic E-state index is 0.704. The number of amidine groups is 1. The molecule has 6 nitrogen and oxygen atoms in total. The van der Waals surface area contributed by atoms with Gasteiger partial charge in [0.2, 0.25) is 0 Å². The standard InChI is InChI=1S/C11H16N6/c1-12-6-5-11(14-3)17(4)9-7-10(13-2)16-15-8-9/h5-8H,1H2,2-4H3,(H,13,16)/b6-5-,14-11+. The summed E-state index contributed by atoms with van der Waals surface area (Å²) in [4.78, 5) is 9.70. The van der Waals surface area contributed by atoms with Gasteiger partial charge in [0.25, 0.3) is 0 Å². The summed E-state index contributed by atoms with van der Waals surface area (Å²) in [5.74, 6) is 1.46. The van der Waals surface area contributed by atoms with Crippen LogP contribution in [0.15, 0.2) is 34.5 Å². The van der Waals surface area contributed by atoms with Gasteiger partial charge >= 0.3 is 0 Å². The summed E-state index contributed by atoms with van der Waals surface area (Å²) < 4.78 is 0. The highest BCUT2D eigenvalue weighted by Crippen LogP contribution is 2.14. The van der Waals surface area contributed by atoms with Crippen LogP contribution in [0.25, 0.3) is 0 Å². The Balaban J connectivity index is 2.97. The van der Waals surface area contributed by atoms with Crippen LogP contribution in [-0.2, 0) is 0 Å². The summed E-state index contributed by atoms with van der Waals surface area (Å²) >= 11 is 0. The number of likely N-dealkylation sites (N-methyl/N-ethyl adjacent to an activating group) is 1. The maximum Gasteiger partial charge on any atom is 0.150 e. The summed E-state index contributed by atoms with van der Waals surface area (Å²) in [5, 5.41) is 10.8. The molecule has 0 unspecified atom stereocenters. The second-order valence-corrected chi connectivity index (χ2v) is 3.19. The van der Waals surface area contributed by atoms with Crippen LogP contribution in [0.4, 0.5) is 11.5 Å². The van der Waals surface area contributed by atoms with Crippen LogP contribution in [0.1, 0.15) is 0 Å². The van der Waals surface area contributed by atoms with Gasteiger partial charge in [-0.15, -0.1) is 5.10 Å². The van der Waals surface area contributed by atoms with Crippen LogP contribution >= 0.6 is 0 Å². The van der Waals surface area contributed by atoms with Crippen molar-refractivity contribution in [2.24, 2.45) is 9.98 Å². The predicted molar refractivity (Wildman–Crippen MR) is 72.0 cm³/mol. The lowest BCUT2D eigenvalue weighted by Crippen LogP contribution is -2.24. The fourth-order valence-corrected chi connectivity index (χ4v) is 1.25. The second-order valence-electron chi connectivity index (χ2n) is 3.19. The summed E-state index contributed by atoms with van der Waals surface area (Å²) in [6.45, 7) is 3.38. The number of aromatic nitrogens is 2. The fourth-order valence-electron chi connectivity index (χ4n) is 1.25. The molecule has 0 saturated carbocycles. The van der Waals surface area contributed by atoms with Gasteiger partial charge in [0.15, 0.2) is 0 Å². The van der Waals surface area contributed by atoms with Gasteiger partial charge in [-0.1, -0.05) is 0 Å². The van der Waals surface area contributed by atoms with Crippen molar-refractivity contribution in [2.45, 2.75) is 0 Å². The van der Waals surface area contributed by atoms with Gasteiger partial charge < -0.3 is 10.2 Å². The van der Waals surface area contributed by atoms with E-state index in [0.29, 0.717) is 5.82 Å². The minimum atomic E-state index is 0.704. The van der Waals surface area contributed by atoms with E-state index in [1.54, 1.807) is 32.6 Å². The molecular weight excluding hydrogens is 216 g/mol. The largest absolute Gasteiger partial charge is 0.372 e. The third kappa shape index (κ3) is 3.37. The molecule has 0 fully saturated rings. The van der Waals surface area contributed by atoms with Gasteiger partial charge in [0, 0.05) is 33.4 Å². The number of nitrogens with zero attached hydrogens (tertiary/aromatic N) is 5. The van der Waals surface area contributed by atoms with Gasteiger partial charge in [-0.05, 0) is 12.8 Å². The van der Waals surface area contributed by atoms with Crippen molar-refractivity contribution in [3.05, 3.63) is 24.5 Å². The van der Waals surface area contributed by atoms with Gasteiger partial charge in [0.05, 0.1) is 11.9 Å². The molecule has 1 rings (SSSR count). The molecule has 17 heavy (non-hydrogen) atoms. The van der Waals surface area contributed by atoms with Gasteiger partial charge in [-0.25, -0.2) is 0 Å². The van der Waals surface area contributed by atoms with E-state index in [9.17, 15) is 0 Å². The first kappa shape index (κ1) is 12.8. The fraction of sp³-hybridized carbons (Fsp3) is 0.273. The first-order valence-corrected chi connectivity index (χ1v) is 5.06. The van der Waals surface area contributed by atoms with E-state index in [4.69, 9.17) is 0 Å². The number of nitrogens with one attached hydrogen (secondary N) is 1. The van der Waals surface area contributed by atoms with Crippen LogP contribution < -0.4 is 10.2 Å². The lowest BCUT2D eigenvalue weighted by Gasteiger charge is -2.18. The van der Waals surface area contributed by atoms with Crippen molar-refractivity contribution < 1.29 is 0 Å². The number of hydrogen-bond acceptors (Lipinski definition) is 5. The van der Waals surface area contributed by atoms with Crippen molar-refractivity contribution in [3.63, 3.8) is 0 Å². The highest BCUT2D eigenvalue weighted by atomic mass is 15.2. The highest BCUT2D eigenvalue weighted by molar-refractivity contribution is 6.05. The molecule has 0 aliphatic carbocycles. The lowest BCUT2D eigenvalue weighted by molar-refractivity contribution is 1.02. The molecule has 1 N–H and O–H groups in total. The Bertz CT molecular complexity index is 437. The van der Waals surface area contributed by atoms with Crippen molar-refractivity contribution in [2.75, 3.05) is 31.4 Å². The molecule has 0 saturated heterocycles. The second kappa shape index (κ2) is 6.37. The zero-order chi connectivity index (χ0) is 12.7. The Labute approximate surface area is 101 Å². The molecule has 0 aromatic carbocycles.